The molecule has 1 aromatic carbocycles. The van der Waals surface area contributed by atoms with E-state index in [0.717, 1.165) is 23.5 Å². The number of hydrogen-bond acceptors (Lipinski definition) is 5. The first-order valence-corrected chi connectivity index (χ1v) is 9.75. The summed E-state index contributed by atoms with van der Waals surface area (Å²) in [5, 5.41) is 12.3. The van der Waals surface area contributed by atoms with Crippen LogP contribution in [0.4, 0.5) is 5.69 Å². The zero-order valence-corrected chi connectivity index (χ0v) is 17.8. The van der Waals surface area contributed by atoms with Crippen molar-refractivity contribution < 1.29 is 19.1 Å². The molecular weight excluding hydrogens is 382 g/mol. The van der Waals surface area contributed by atoms with Gasteiger partial charge in [-0.25, -0.2) is 0 Å². The van der Waals surface area contributed by atoms with Crippen LogP contribution in [0.2, 0.25) is 0 Å². The predicted molar refractivity (Wildman–Crippen MR) is 114 cm³/mol. The average Bonchev–Trinajstić information content (AvgIpc) is 3.24. The molecule has 0 bridgehead atoms. The lowest BCUT2D eigenvalue weighted by Gasteiger charge is -2.12. The summed E-state index contributed by atoms with van der Waals surface area (Å²) in [6.45, 7) is 10.6. The van der Waals surface area contributed by atoms with Crippen LogP contribution in [0, 0.1) is 31.1 Å². The third kappa shape index (κ3) is 4.23. The molecular formula is C23H25N3O4. The zero-order chi connectivity index (χ0) is 22.0. The number of fused-ring (bicyclic) bond motifs is 1. The van der Waals surface area contributed by atoms with E-state index in [0.29, 0.717) is 23.0 Å². The number of carbonyl (C=O) groups excluding carboxylic acids is 2. The molecule has 7 heteroatoms. The number of nitrogens with one attached hydrogen (secondary N) is 1. The second-order valence-electron chi connectivity index (χ2n) is 7.76. The molecule has 0 aliphatic carbocycles. The largest absolute Gasteiger partial charge is 0.454 e. The Labute approximate surface area is 175 Å². The van der Waals surface area contributed by atoms with Gasteiger partial charge in [0.2, 0.25) is 6.79 Å². The molecule has 2 aromatic rings. The summed E-state index contributed by atoms with van der Waals surface area (Å²) in [6, 6.07) is 7.01. The molecule has 0 spiro atoms. The van der Waals surface area contributed by atoms with E-state index in [9.17, 15) is 14.9 Å². The van der Waals surface area contributed by atoms with E-state index in [2.05, 4.69) is 23.7 Å². The Morgan fingerprint density at radius 2 is 1.90 bits per heavy atom. The van der Waals surface area contributed by atoms with E-state index in [1.165, 1.54) is 13.0 Å². The number of amides is 1. The second kappa shape index (κ2) is 8.46. The van der Waals surface area contributed by atoms with Gasteiger partial charge in [0.05, 0.1) is 5.69 Å². The van der Waals surface area contributed by atoms with Crippen molar-refractivity contribution in [1.82, 2.24) is 4.57 Å². The lowest BCUT2D eigenvalue weighted by Crippen LogP contribution is -2.15. The fourth-order valence-corrected chi connectivity index (χ4v) is 3.45. The zero-order valence-electron chi connectivity index (χ0n) is 17.8. The first-order chi connectivity index (χ1) is 14.2. The number of nitrogens with zero attached hydrogens (tertiary/aromatic N) is 2. The number of rotatable bonds is 6. The van der Waals surface area contributed by atoms with Gasteiger partial charge >= 0.3 is 0 Å². The van der Waals surface area contributed by atoms with Crippen LogP contribution in [0.15, 0.2) is 23.8 Å². The first kappa shape index (κ1) is 21.2. The van der Waals surface area contributed by atoms with Crippen LogP contribution in [0.3, 0.4) is 0 Å². The molecule has 1 aromatic heterocycles. The highest BCUT2D eigenvalue weighted by Gasteiger charge is 2.21. The van der Waals surface area contributed by atoms with Crippen molar-refractivity contribution in [3.8, 4) is 17.6 Å². The normalized spacial score (nSPS) is 12.8. The number of benzene rings is 1. The van der Waals surface area contributed by atoms with Gasteiger partial charge in [0.25, 0.3) is 5.91 Å². The Hall–Kier alpha value is -3.53. The van der Waals surface area contributed by atoms with Gasteiger partial charge in [-0.2, -0.15) is 5.26 Å². The molecule has 0 saturated carbocycles. The van der Waals surface area contributed by atoms with Crippen LogP contribution in [0.5, 0.6) is 11.5 Å². The summed E-state index contributed by atoms with van der Waals surface area (Å²) in [4.78, 5) is 24.8. The molecule has 3 rings (SSSR count). The lowest BCUT2D eigenvalue weighted by molar-refractivity contribution is -0.112. The molecule has 0 radical (unpaired) electrons. The maximum absolute atomic E-state index is 12.8. The summed E-state index contributed by atoms with van der Waals surface area (Å²) < 4.78 is 12.8. The molecule has 1 N–H and O–H groups in total. The Bertz CT molecular complexity index is 1090. The van der Waals surface area contributed by atoms with Gasteiger partial charge in [-0.1, -0.05) is 13.8 Å². The maximum Gasteiger partial charge on any atom is 0.266 e. The number of nitriles is 1. The molecule has 30 heavy (non-hydrogen) atoms. The third-order valence-electron chi connectivity index (χ3n) is 4.97. The minimum atomic E-state index is -0.590. The van der Waals surface area contributed by atoms with Gasteiger partial charge in [-0.3, -0.25) is 9.59 Å². The van der Waals surface area contributed by atoms with Gasteiger partial charge < -0.3 is 19.4 Å². The molecule has 1 aliphatic heterocycles. The quantitative estimate of drug-likeness (QED) is 0.439. The Kier molecular flexibility index (Phi) is 5.97. The number of hydrogen-bond donors (Lipinski definition) is 1. The fourth-order valence-electron chi connectivity index (χ4n) is 3.45. The maximum atomic E-state index is 12.8. The topological polar surface area (TPSA) is 93.4 Å². The van der Waals surface area contributed by atoms with E-state index in [1.807, 2.05) is 26.0 Å². The van der Waals surface area contributed by atoms with Crippen LogP contribution in [-0.2, 0) is 11.3 Å². The number of aryl methyl sites for hydroxylation is 1. The van der Waals surface area contributed by atoms with Crippen molar-refractivity contribution in [3.05, 3.63) is 46.3 Å². The minimum absolute atomic E-state index is 0.0491. The Morgan fingerprint density at radius 1 is 1.23 bits per heavy atom. The number of carbonyl (C=O) groups is 2. The molecule has 1 aliphatic rings. The molecule has 0 unspecified atom stereocenters. The lowest BCUT2D eigenvalue weighted by atomic mass is 10.1. The van der Waals surface area contributed by atoms with Crippen molar-refractivity contribution in [2.24, 2.45) is 5.92 Å². The standard InChI is InChI=1S/C23H25N3O4/c1-13(2)11-26-14(3)6-17(15(26)4)7-18(10-24)23(28)25-20-9-22-21(29-12-30-22)8-19(20)16(5)27/h6-9,13H,11-12H2,1-5H3,(H,25,28)/b18-7+. The van der Waals surface area contributed by atoms with Crippen molar-refractivity contribution in [2.75, 3.05) is 12.1 Å². The summed E-state index contributed by atoms with van der Waals surface area (Å²) in [7, 11) is 0. The van der Waals surface area contributed by atoms with E-state index in [1.54, 1.807) is 12.1 Å². The first-order valence-electron chi connectivity index (χ1n) is 9.75. The van der Waals surface area contributed by atoms with E-state index in [4.69, 9.17) is 9.47 Å². The predicted octanol–water partition coefficient (Wildman–Crippen LogP) is 4.24. The highest BCUT2D eigenvalue weighted by molar-refractivity contribution is 6.13. The summed E-state index contributed by atoms with van der Waals surface area (Å²) in [5.74, 6) is 0.541. The number of ether oxygens (including phenoxy) is 2. The average molecular weight is 407 g/mol. The summed E-state index contributed by atoms with van der Waals surface area (Å²) in [5.41, 5.74) is 3.40. The smallest absolute Gasteiger partial charge is 0.266 e. The second-order valence-corrected chi connectivity index (χ2v) is 7.76. The van der Waals surface area contributed by atoms with Crippen molar-refractivity contribution in [2.45, 2.75) is 41.2 Å². The molecule has 0 fully saturated rings. The Balaban J connectivity index is 1.92. The van der Waals surface area contributed by atoms with Gasteiger partial charge in [-0.05, 0) is 50.5 Å². The number of Topliss-reactive ketones (excluding diaryl/α,β-unsaturated/α-hetero) is 1. The molecule has 2 heterocycles. The van der Waals surface area contributed by atoms with Gasteiger partial charge in [0, 0.05) is 29.6 Å². The van der Waals surface area contributed by atoms with Gasteiger partial charge in [0.1, 0.15) is 11.6 Å². The van der Waals surface area contributed by atoms with E-state index >= 15 is 0 Å². The number of aromatic nitrogens is 1. The van der Waals surface area contributed by atoms with Crippen molar-refractivity contribution in [1.29, 1.82) is 5.26 Å². The van der Waals surface area contributed by atoms with Gasteiger partial charge in [-0.15, -0.1) is 0 Å². The SMILES string of the molecule is CC(=O)c1cc2c(cc1NC(=O)/C(C#N)=C/c1cc(C)n(CC(C)C)c1C)OCO2. The highest BCUT2D eigenvalue weighted by Crippen LogP contribution is 2.37. The third-order valence-corrected chi connectivity index (χ3v) is 4.97. The molecule has 0 atom stereocenters. The van der Waals surface area contributed by atoms with Crippen LogP contribution in [-0.4, -0.2) is 23.1 Å². The fraction of sp³-hybridized carbons (Fsp3) is 0.348. The number of ketones is 1. The highest BCUT2D eigenvalue weighted by atomic mass is 16.7. The summed E-state index contributed by atoms with van der Waals surface area (Å²) in [6.07, 6.45) is 1.58. The molecule has 7 nitrogen and oxygen atoms in total. The van der Waals surface area contributed by atoms with Crippen LogP contribution >= 0.6 is 0 Å². The van der Waals surface area contributed by atoms with Crippen molar-refractivity contribution >= 4 is 23.5 Å². The monoisotopic (exact) mass is 407 g/mol. The van der Waals surface area contributed by atoms with Crippen LogP contribution in [0.1, 0.15) is 48.1 Å². The molecule has 1 amide bonds. The van der Waals surface area contributed by atoms with Crippen LogP contribution < -0.4 is 14.8 Å². The summed E-state index contributed by atoms with van der Waals surface area (Å²) >= 11 is 0. The van der Waals surface area contributed by atoms with Crippen LogP contribution in [0.25, 0.3) is 6.08 Å². The number of anilines is 1. The molecule has 156 valence electrons. The minimum Gasteiger partial charge on any atom is -0.454 e. The molecule has 0 saturated heterocycles. The van der Waals surface area contributed by atoms with Crippen molar-refractivity contribution in [3.63, 3.8) is 0 Å². The van der Waals surface area contributed by atoms with E-state index in [-0.39, 0.29) is 23.8 Å². The van der Waals surface area contributed by atoms with E-state index < -0.39 is 5.91 Å². The Morgan fingerprint density at radius 3 is 2.50 bits per heavy atom. The van der Waals surface area contributed by atoms with Gasteiger partial charge in [0.15, 0.2) is 17.3 Å².